The lowest BCUT2D eigenvalue weighted by atomic mass is 10.2. The van der Waals surface area contributed by atoms with E-state index in [0.717, 1.165) is 28.6 Å². The predicted molar refractivity (Wildman–Crippen MR) is 138 cm³/mol. The number of halogens is 1. The van der Waals surface area contributed by atoms with Crippen LogP contribution in [0, 0.1) is 12.3 Å². The van der Waals surface area contributed by atoms with Crippen LogP contribution in [0.4, 0.5) is 0 Å². The zero-order valence-electron chi connectivity index (χ0n) is 18.5. The molecule has 0 spiro atoms. The number of nitrogens with one attached hydrogen (secondary N) is 2. The lowest BCUT2D eigenvalue weighted by Crippen LogP contribution is -2.38. The van der Waals surface area contributed by atoms with Gasteiger partial charge in [0.25, 0.3) is 0 Å². The molecule has 0 fully saturated rings. The Kier molecular flexibility index (Phi) is 9.88. The summed E-state index contributed by atoms with van der Waals surface area (Å²) in [7, 11) is 5.33. The normalized spacial score (nSPS) is 10.6. The van der Waals surface area contributed by atoms with Crippen molar-refractivity contribution in [2.24, 2.45) is 4.99 Å². The second kappa shape index (κ2) is 12.6. The van der Waals surface area contributed by atoms with Gasteiger partial charge in [-0.2, -0.15) is 0 Å². The third-order valence-corrected chi connectivity index (χ3v) is 4.66. The number of H-pyrrole nitrogens is 1. The predicted octanol–water partition coefficient (Wildman–Crippen LogP) is 3.92. The molecule has 0 atom stereocenters. The third-order valence-electron chi connectivity index (χ3n) is 4.66. The van der Waals surface area contributed by atoms with Crippen molar-refractivity contribution in [1.82, 2.24) is 20.2 Å². The number of aromatic nitrogens is 2. The fraction of sp³-hybridized carbons (Fsp3) is 0.250. The van der Waals surface area contributed by atoms with Gasteiger partial charge >= 0.3 is 0 Å². The average molecular weight is 545 g/mol. The Hall–Kier alpha value is -3.19. The largest absolute Gasteiger partial charge is 0.493 e. The molecule has 2 aromatic carbocycles. The highest BCUT2D eigenvalue weighted by Crippen LogP contribution is 2.28. The van der Waals surface area contributed by atoms with Gasteiger partial charge in [0, 0.05) is 20.6 Å². The van der Waals surface area contributed by atoms with Crippen molar-refractivity contribution in [3.63, 3.8) is 0 Å². The summed E-state index contributed by atoms with van der Waals surface area (Å²) in [5, 5.41) is 3.36. The van der Waals surface area contributed by atoms with Crippen molar-refractivity contribution in [1.29, 1.82) is 0 Å². The van der Waals surface area contributed by atoms with Gasteiger partial charge in [-0.15, -0.1) is 30.4 Å². The van der Waals surface area contributed by atoms with E-state index < -0.39 is 0 Å². The highest BCUT2D eigenvalue weighted by Gasteiger charge is 2.11. The molecule has 0 saturated heterocycles. The Morgan fingerprint density at radius 2 is 2.00 bits per heavy atom. The zero-order chi connectivity index (χ0) is 22.1. The Morgan fingerprint density at radius 3 is 2.69 bits per heavy atom. The molecule has 0 aliphatic rings. The van der Waals surface area contributed by atoms with Gasteiger partial charge in [-0.05, 0) is 23.3 Å². The number of guanidine groups is 1. The first-order chi connectivity index (χ1) is 15.1. The maximum absolute atomic E-state index is 5.57. The summed E-state index contributed by atoms with van der Waals surface area (Å²) in [5.41, 5.74) is 3.12. The van der Waals surface area contributed by atoms with Gasteiger partial charge < -0.3 is 24.7 Å². The molecule has 0 radical (unpaired) electrons. The van der Waals surface area contributed by atoms with Crippen molar-refractivity contribution >= 4 is 29.9 Å². The van der Waals surface area contributed by atoms with Crippen LogP contribution < -0.4 is 14.8 Å². The molecule has 0 bridgehead atoms. The Labute approximate surface area is 206 Å². The van der Waals surface area contributed by atoms with Crippen LogP contribution in [0.2, 0.25) is 0 Å². The number of methoxy groups -OCH3 is 1. The zero-order valence-corrected chi connectivity index (χ0v) is 20.8. The molecule has 1 aromatic heterocycles. The van der Waals surface area contributed by atoms with Crippen LogP contribution >= 0.6 is 24.0 Å². The molecule has 32 heavy (non-hydrogen) atoms. The van der Waals surface area contributed by atoms with Gasteiger partial charge in [0.15, 0.2) is 17.5 Å². The molecule has 1 heterocycles. The Morgan fingerprint density at radius 1 is 1.22 bits per heavy atom. The van der Waals surface area contributed by atoms with Gasteiger partial charge in [0.1, 0.15) is 12.4 Å². The molecular weight excluding hydrogens is 517 g/mol. The van der Waals surface area contributed by atoms with E-state index in [0.29, 0.717) is 24.6 Å². The quantitative estimate of drug-likeness (QED) is 0.194. The van der Waals surface area contributed by atoms with Crippen molar-refractivity contribution in [3.8, 4) is 35.1 Å². The van der Waals surface area contributed by atoms with Gasteiger partial charge in [0.2, 0.25) is 0 Å². The summed E-state index contributed by atoms with van der Waals surface area (Å²) in [6, 6.07) is 15.9. The van der Waals surface area contributed by atoms with Gasteiger partial charge in [-0.3, -0.25) is 4.99 Å². The van der Waals surface area contributed by atoms with Crippen molar-refractivity contribution in [2.75, 3.05) is 27.8 Å². The molecule has 8 heteroatoms. The smallest absolute Gasteiger partial charge is 0.194 e. The maximum atomic E-state index is 5.57. The highest BCUT2D eigenvalue weighted by atomic mass is 127. The SMILES string of the molecule is C#CCOc1cc(CNC(=NC)N(C)Cc2ncc(-c3ccccc3)[nH]2)ccc1OC.I. The van der Waals surface area contributed by atoms with E-state index in [-0.39, 0.29) is 30.6 Å². The fourth-order valence-electron chi connectivity index (χ4n) is 3.14. The minimum absolute atomic E-state index is 0. The van der Waals surface area contributed by atoms with E-state index in [1.165, 1.54) is 0 Å². The number of terminal acetylenes is 1. The highest BCUT2D eigenvalue weighted by molar-refractivity contribution is 14.0. The number of hydrogen-bond acceptors (Lipinski definition) is 4. The summed E-state index contributed by atoms with van der Waals surface area (Å²) in [6.07, 6.45) is 7.15. The summed E-state index contributed by atoms with van der Waals surface area (Å²) in [4.78, 5) is 14.3. The Bertz CT molecular complexity index is 1060. The molecule has 168 valence electrons. The van der Waals surface area contributed by atoms with Crippen LogP contribution in [0.25, 0.3) is 11.3 Å². The molecular formula is C24H28IN5O2. The number of nitrogens with zero attached hydrogens (tertiary/aromatic N) is 3. The molecule has 2 N–H and O–H groups in total. The summed E-state index contributed by atoms with van der Waals surface area (Å²) >= 11 is 0. The van der Waals surface area contributed by atoms with Crippen molar-refractivity contribution in [3.05, 3.63) is 66.1 Å². The number of ether oxygens (including phenoxy) is 2. The number of imidazole rings is 1. The van der Waals surface area contributed by atoms with Crippen LogP contribution in [0.5, 0.6) is 11.5 Å². The molecule has 0 amide bonds. The van der Waals surface area contributed by atoms with Gasteiger partial charge in [-0.1, -0.05) is 42.3 Å². The van der Waals surface area contributed by atoms with E-state index in [9.17, 15) is 0 Å². The number of aromatic amines is 1. The van der Waals surface area contributed by atoms with Crippen LogP contribution in [-0.2, 0) is 13.1 Å². The van der Waals surface area contributed by atoms with Crippen molar-refractivity contribution < 1.29 is 9.47 Å². The molecule has 7 nitrogen and oxygen atoms in total. The van der Waals surface area contributed by atoms with Crippen molar-refractivity contribution in [2.45, 2.75) is 13.1 Å². The van der Waals surface area contributed by atoms with E-state index in [1.54, 1.807) is 14.2 Å². The van der Waals surface area contributed by atoms with Crippen LogP contribution in [0.15, 0.2) is 59.7 Å². The summed E-state index contributed by atoms with van der Waals surface area (Å²) < 4.78 is 10.9. The van der Waals surface area contributed by atoms with Gasteiger partial charge in [0.05, 0.1) is 25.5 Å². The van der Waals surface area contributed by atoms with E-state index in [4.69, 9.17) is 15.9 Å². The standard InChI is InChI=1S/C24H27N5O2.HI/c1-5-13-31-22-14-18(11-12-21(22)30-4)15-27-24(25-2)29(3)17-23-26-16-20(28-23)19-9-7-6-8-10-19;/h1,6-12,14,16H,13,15,17H2,2-4H3,(H,25,27)(H,26,28);1H. The first-order valence-electron chi connectivity index (χ1n) is 9.89. The molecule has 3 aromatic rings. The second-order valence-corrected chi connectivity index (χ2v) is 6.84. The Balaban J connectivity index is 0.00000363. The first kappa shape index (κ1) is 25.1. The molecule has 0 saturated carbocycles. The lowest BCUT2D eigenvalue weighted by Gasteiger charge is -2.21. The van der Waals surface area contributed by atoms with Gasteiger partial charge in [-0.25, -0.2) is 4.98 Å². The van der Waals surface area contributed by atoms with Crippen LogP contribution in [0.1, 0.15) is 11.4 Å². The minimum atomic E-state index is 0. The lowest BCUT2D eigenvalue weighted by molar-refractivity contribution is 0.330. The summed E-state index contributed by atoms with van der Waals surface area (Å²) in [6.45, 7) is 1.35. The van der Waals surface area contributed by atoms with E-state index >= 15 is 0 Å². The molecule has 0 unspecified atom stereocenters. The number of benzene rings is 2. The molecule has 0 aliphatic carbocycles. The number of hydrogen-bond donors (Lipinski definition) is 2. The molecule has 0 aliphatic heterocycles. The topological polar surface area (TPSA) is 74.8 Å². The number of rotatable bonds is 8. The second-order valence-electron chi connectivity index (χ2n) is 6.84. The maximum Gasteiger partial charge on any atom is 0.194 e. The summed E-state index contributed by atoms with van der Waals surface area (Å²) in [5.74, 6) is 5.34. The minimum Gasteiger partial charge on any atom is -0.493 e. The monoisotopic (exact) mass is 545 g/mol. The van der Waals surface area contributed by atoms with Crippen LogP contribution in [0.3, 0.4) is 0 Å². The van der Waals surface area contributed by atoms with E-state index in [1.807, 2.05) is 54.5 Å². The average Bonchev–Trinajstić information content (AvgIpc) is 3.27. The third kappa shape index (κ3) is 6.65. The first-order valence-corrected chi connectivity index (χ1v) is 9.89. The van der Waals surface area contributed by atoms with E-state index in [2.05, 4.69) is 38.3 Å². The number of aliphatic imine (C=N–C) groups is 1. The molecule has 3 rings (SSSR count). The fourth-order valence-corrected chi connectivity index (χ4v) is 3.14. The van der Waals surface area contributed by atoms with Crippen LogP contribution in [-0.4, -0.2) is 48.6 Å².